The molecular formula is C17H15F3N2O5S. The highest BCUT2D eigenvalue weighted by Gasteiger charge is 2.41. The second-order valence-corrected chi connectivity index (χ2v) is 8.16. The van der Waals surface area contributed by atoms with Crippen molar-refractivity contribution in [3.63, 3.8) is 0 Å². The summed E-state index contributed by atoms with van der Waals surface area (Å²) >= 11 is 0. The number of halogens is 3. The van der Waals surface area contributed by atoms with E-state index in [-0.39, 0.29) is 18.0 Å². The molecule has 0 aliphatic carbocycles. The fraction of sp³-hybridized carbons (Fsp3) is 0.353. The minimum atomic E-state index is -4.61. The number of alkyl halides is 3. The van der Waals surface area contributed by atoms with Gasteiger partial charge in [0.2, 0.25) is 15.9 Å². The second-order valence-electron chi connectivity index (χ2n) is 6.22. The van der Waals surface area contributed by atoms with Gasteiger partial charge in [0.1, 0.15) is 24.9 Å². The van der Waals surface area contributed by atoms with Gasteiger partial charge in [0.15, 0.2) is 11.5 Å². The van der Waals surface area contributed by atoms with Crippen LogP contribution in [0, 0.1) is 0 Å². The highest BCUT2D eigenvalue weighted by Crippen LogP contribution is 2.37. The first-order valence-electron chi connectivity index (χ1n) is 8.34. The van der Waals surface area contributed by atoms with Crippen molar-refractivity contribution in [1.82, 2.24) is 9.29 Å². The van der Waals surface area contributed by atoms with Gasteiger partial charge >= 0.3 is 6.18 Å². The molecule has 0 spiro atoms. The quantitative estimate of drug-likeness (QED) is 0.762. The minimum absolute atomic E-state index is 0.0176. The van der Waals surface area contributed by atoms with Crippen LogP contribution < -0.4 is 14.2 Å². The number of nitrogens with zero attached hydrogens (tertiary/aromatic N) is 2. The first-order chi connectivity index (χ1) is 13.2. The van der Waals surface area contributed by atoms with Crippen LogP contribution in [-0.2, 0) is 16.2 Å². The van der Waals surface area contributed by atoms with Crippen molar-refractivity contribution in [1.29, 1.82) is 0 Å². The molecule has 0 amide bonds. The highest BCUT2D eigenvalue weighted by atomic mass is 32.2. The fourth-order valence-electron chi connectivity index (χ4n) is 2.86. The summed E-state index contributed by atoms with van der Waals surface area (Å²) < 4.78 is 81.6. The Morgan fingerprint density at radius 2 is 1.82 bits per heavy atom. The lowest BCUT2D eigenvalue weighted by molar-refractivity contribution is -0.140. The molecule has 2 aliphatic rings. The normalized spacial score (nSPS) is 17.8. The van der Waals surface area contributed by atoms with Gasteiger partial charge < -0.3 is 14.2 Å². The summed E-state index contributed by atoms with van der Waals surface area (Å²) in [5.74, 6) is 0.241. The molecule has 0 radical (unpaired) electrons. The molecule has 0 bridgehead atoms. The zero-order valence-electron chi connectivity index (χ0n) is 14.3. The van der Waals surface area contributed by atoms with Gasteiger partial charge in [-0.3, -0.25) is 0 Å². The average Bonchev–Trinajstić information content (AvgIpc) is 2.63. The molecule has 1 fully saturated rings. The molecule has 7 nitrogen and oxygen atoms in total. The van der Waals surface area contributed by atoms with E-state index in [0.29, 0.717) is 24.7 Å². The van der Waals surface area contributed by atoms with Crippen LogP contribution in [0.4, 0.5) is 13.2 Å². The van der Waals surface area contributed by atoms with Crippen LogP contribution in [0.1, 0.15) is 5.56 Å². The Labute approximate surface area is 158 Å². The summed E-state index contributed by atoms with van der Waals surface area (Å²) in [6, 6.07) is 6.31. The number of ether oxygens (including phenoxy) is 3. The molecule has 2 aromatic rings. The molecule has 0 unspecified atom stereocenters. The first kappa shape index (κ1) is 18.8. The second kappa shape index (κ2) is 6.82. The topological polar surface area (TPSA) is 78.0 Å². The summed E-state index contributed by atoms with van der Waals surface area (Å²) in [5.41, 5.74) is -0.997. The van der Waals surface area contributed by atoms with Crippen molar-refractivity contribution in [3.05, 3.63) is 42.1 Å². The maximum atomic E-state index is 13.0. The molecule has 1 aromatic heterocycles. The zero-order chi connectivity index (χ0) is 19.9. The predicted molar refractivity (Wildman–Crippen MR) is 89.8 cm³/mol. The Morgan fingerprint density at radius 1 is 1.11 bits per heavy atom. The molecule has 0 N–H and O–H groups in total. The van der Waals surface area contributed by atoms with Gasteiger partial charge in [0, 0.05) is 12.3 Å². The van der Waals surface area contributed by atoms with E-state index >= 15 is 0 Å². The third kappa shape index (κ3) is 3.47. The van der Waals surface area contributed by atoms with Crippen molar-refractivity contribution < 1.29 is 35.8 Å². The zero-order valence-corrected chi connectivity index (χ0v) is 15.2. The van der Waals surface area contributed by atoms with Crippen LogP contribution in [0.3, 0.4) is 0 Å². The lowest BCUT2D eigenvalue weighted by Crippen LogP contribution is -2.56. The molecule has 0 atom stereocenters. The largest absolute Gasteiger partial charge is 0.486 e. The average molecular weight is 416 g/mol. The van der Waals surface area contributed by atoms with Gasteiger partial charge in [-0.15, -0.1) is 0 Å². The number of hydrogen-bond donors (Lipinski definition) is 0. The first-order valence-corrected chi connectivity index (χ1v) is 9.78. The number of aromatic nitrogens is 1. The lowest BCUT2D eigenvalue weighted by atomic mass is 10.2. The van der Waals surface area contributed by atoms with Crippen LogP contribution in [-0.4, -0.2) is 50.1 Å². The van der Waals surface area contributed by atoms with Gasteiger partial charge in [-0.1, -0.05) is 0 Å². The van der Waals surface area contributed by atoms with E-state index in [1.807, 2.05) is 0 Å². The fourth-order valence-corrected chi connectivity index (χ4v) is 4.38. The highest BCUT2D eigenvalue weighted by molar-refractivity contribution is 7.89. The van der Waals surface area contributed by atoms with E-state index in [1.165, 1.54) is 24.4 Å². The SMILES string of the molecule is O=S(=O)(c1ccc2c(c1)OCCO2)N1CC(Oc2ncccc2C(F)(F)F)C1. The minimum Gasteiger partial charge on any atom is -0.486 e. The number of fused-ring (bicyclic) bond motifs is 1. The molecule has 150 valence electrons. The standard InChI is InChI=1S/C17H15F3N2O5S/c18-17(19,20)13-2-1-5-21-16(13)27-11-9-22(10-11)28(23,24)12-3-4-14-15(8-12)26-7-6-25-14/h1-5,8,11H,6-7,9-10H2. The summed E-state index contributed by atoms with van der Waals surface area (Å²) in [6.45, 7) is 0.550. The summed E-state index contributed by atoms with van der Waals surface area (Å²) in [7, 11) is -3.82. The van der Waals surface area contributed by atoms with Gasteiger partial charge in [0.25, 0.3) is 0 Å². The van der Waals surface area contributed by atoms with E-state index in [9.17, 15) is 21.6 Å². The lowest BCUT2D eigenvalue weighted by Gasteiger charge is -2.37. The Bertz CT molecular complexity index is 991. The van der Waals surface area contributed by atoms with E-state index in [0.717, 1.165) is 16.4 Å². The van der Waals surface area contributed by atoms with Crippen LogP contribution in [0.15, 0.2) is 41.4 Å². The number of benzene rings is 1. The van der Waals surface area contributed by atoms with Gasteiger partial charge in [0.05, 0.1) is 18.0 Å². The molecule has 2 aliphatic heterocycles. The molecule has 1 saturated heterocycles. The van der Waals surface area contributed by atoms with Crippen molar-refractivity contribution in [2.75, 3.05) is 26.3 Å². The van der Waals surface area contributed by atoms with Gasteiger partial charge in [-0.05, 0) is 24.3 Å². The summed E-state index contributed by atoms with van der Waals surface area (Å²) in [5, 5.41) is 0. The van der Waals surface area contributed by atoms with Crippen LogP contribution >= 0.6 is 0 Å². The molecule has 11 heteroatoms. The molecule has 28 heavy (non-hydrogen) atoms. The molecule has 3 heterocycles. The van der Waals surface area contributed by atoms with Crippen molar-refractivity contribution in [3.8, 4) is 17.4 Å². The van der Waals surface area contributed by atoms with Crippen LogP contribution in [0.25, 0.3) is 0 Å². The van der Waals surface area contributed by atoms with Crippen molar-refractivity contribution in [2.45, 2.75) is 17.2 Å². The summed E-state index contributed by atoms with van der Waals surface area (Å²) in [4.78, 5) is 3.64. The Hall–Kier alpha value is -2.53. The Morgan fingerprint density at radius 3 is 2.54 bits per heavy atom. The third-order valence-electron chi connectivity index (χ3n) is 4.32. The molecule has 4 rings (SSSR count). The van der Waals surface area contributed by atoms with Gasteiger partial charge in [-0.2, -0.15) is 17.5 Å². The Kier molecular flexibility index (Phi) is 4.58. The molecule has 0 saturated carbocycles. The monoisotopic (exact) mass is 416 g/mol. The maximum absolute atomic E-state index is 13.0. The number of pyridine rings is 1. The van der Waals surface area contributed by atoms with Gasteiger partial charge in [-0.25, -0.2) is 13.4 Å². The van der Waals surface area contributed by atoms with E-state index < -0.39 is 33.7 Å². The van der Waals surface area contributed by atoms with Crippen LogP contribution in [0.2, 0.25) is 0 Å². The van der Waals surface area contributed by atoms with E-state index in [1.54, 1.807) is 0 Å². The number of sulfonamides is 1. The smallest absolute Gasteiger partial charge is 0.421 e. The molecular weight excluding hydrogens is 401 g/mol. The maximum Gasteiger partial charge on any atom is 0.421 e. The molecule has 1 aromatic carbocycles. The van der Waals surface area contributed by atoms with Crippen molar-refractivity contribution >= 4 is 10.0 Å². The summed E-state index contributed by atoms with van der Waals surface area (Å²) in [6.07, 6.45) is -4.14. The number of hydrogen-bond acceptors (Lipinski definition) is 6. The van der Waals surface area contributed by atoms with Crippen molar-refractivity contribution in [2.24, 2.45) is 0 Å². The number of rotatable bonds is 4. The predicted octanol–water partition coefficient (Wildman–Crippen LogP) is 2.32. The Balaban J connectivity index is 1.45. The van der Waals surface area contributed by atoms with E-state index in [2.05, 4.69) is 4.98 Å². The van der Waals surface area contributed by atoms with Crippen LogP contribution in [0.5, 0.6) is 17.4 Å². The van der Waals surface area contributed by atoms with E-state index in [4.69, 9.17) is 14.2 Å². The third-order valence-corrected chi connectivity index (χ3v) is 6.15.